The maximum atomic E-state index is 14.1. The average molecular weight is 567 g/mol. The fourth-order valence-electron chi connectivity index (χ4n) is 3.42. The van der Waals surface area contributed by atoms with Crippen molar-refractivity contribution < 1.29 is 17.6 Å². The maximum Gasteiger partial charge on any atom is 0.183 e. The highest BCUT2D eigenvalue weighted by molar-refractivity contribution is 14.1. The fraction of sp³-hybridized carbons (Fsp3) is 0. The van der Waals surface area contributed by atoms with Crippen LogP contribution in [0.3, 0.4) is 0 Å². The van der Waals surface area contributed by atoms with Crippen LogP contribution in [0.2, 0.25) is 0 Å². The van der Waals surface area contributed by atoms with Crippen LogP contribution in [0.25, 0.3) is 11.1 Å². The van der Waals surface area contributed by atoms with Gasteiger partial charge in [-0.1, -0.05) is 23.9 Å². The van der Waals surface area contributed by atoms with E-state index in [2.05, 4.69) is 22.6 Å². The summed E-state index contributed by atoms with van der Waals surface area (Å²) in [6.07, 6.45) is 0. The minimum absolute atomic E-state index is 0.502. The van der Waals surface area contributed by atoms with Crippen molar-refractivity contribution >= 4 is 45.2 Å². The van der Waals surface area contributed by atoms with Gasteiger partial charge >= 0.3 is 0 Å². The predicted molar refractivity (Wildman–Crippen MR) is 124 cm³/mol. The van der Waals surface area contributed by atoms with Gasteiger partial charge in [-0.15, -0.1) is 0 Å². The second-order valence-electron chi connectivity index (χ2n) is 6.87. The SMILES string of the molecule is Fc1cc2c(cc1F)[S+](c1ccc(-c3ccc(I)cc3)cc1)c1cc(F)c(F)cc1S2. The lowest BCUT2D eigenvalue weighted by Crippen LogP contribution is -2.13. The molecule has 7 heteroatoms. The zero-order chi connectivity index (χ0) is 21.7. The third-order valence-corrected chi connectivity index (χ3v) is 9.29. The summed E-state index contributed by atoms with van der Waals surface area (Å²) < 4.78 is 57.2. The Hall–Kier alpha value is -1.97. The summed E-state index contributed by atoms with van der Waals surface area (Å²) >= 11 is 3.37. The van der Waals surface area contributed by atoms with Crippen molar-refractivity contribution in [3.8, 4) is 11.1 Å². The molecule has 0 nitrogen and oxygen atoms in total. The Morgan fingerprint density at radius 1 is 0.581 bits per heavy atom. The van der Waals surface area contributed by atoms with Crippen molar-refractivity contribution in [3.05, 3.63) is 99.6 Å². The topological polar surface area (TPSA) is 0 Å². The smallest absolute Gasteiger partial charge is 0.183 e. The van der Waals surface area contributed by atoms with E-state index in [9.17, 15) is 17.6 Å². The molecule has 0 fully saturated rings. The quantitative estimate of drug-likeness (QED) is 0.118. The number of halogens is 5. The summed E-state index contributed by atoms with van der Waals surface area (Å²) in [6.45, 7) is 0. The van der Waals surface area contributed by atoms with E-state index in [1.165, 1.54) is 0 Å². The molecule has 0 spiro atoms. The Bertz CT molecular complexity index is 1250. The van der Waals surface area contributed by atoms with Crippen molar-refractivity contribution in [2.75, 3.05) is 0 Å². The highest BCUT2D eigenvalue weighted by atomic mass is 127. The average Bonchev–Trinajstić information content (AvgIpc) is 2.75. The molecule has 31 heavy (non-hydrogen) atoms. The molecule has 1 aliphatic rings. The first-order chi connectivity index (χ1) is 14.9. The molecule has 4 aromatic rings. The number of fused-ring (bicyclic) bond motifs is 2. The fourth-order valence-corrected chi connectivity index (χ4v) is 7.52. The van der Waals surface area contributed by atoms with E-state index in [1.807, 2.05) is 48.5 Å². The van der Waals surface area contributed by atoms with E-state index < -0.39 is 34.2 Å². The lowest BCUT2D eigenvalue weighted by Gasteiger charge is -2.19. The molecule has 154 valence electrons. The normalized spacial score (nSPS) is 13.1. The van der Waals surface area contributed by atoms with Crippen LogP contribution < -0.4 is 0 Å². The maximum absolute atomic E-state index is 14.1. The standard InChI is InChI=1S/C24H12F4IS2/c25-17-9-21-23(11-19(17)27)31(24-12-20(28)18(26)10-22(24)30-21)16-7-3-14(4-8-16)13-1-5-15(29)6-2-13/h1-12H/q+1. The molecule has 0 bridgehead atoms. The van der Waals surface area contributed by atoms with Gasteiger partial charge in [-0.25, -0.2) is 17.6 Å². The van der Waals surface area contributed by atoms with Crippen LogP contribution in [0.5, 0.6) is 0 Å². The summed E-state index contributed by atoms with van der Waals surface area (Å²) in [4.78, 5) is 2.94. The number of hydrogen-bond acceptors (Lipinski definition) is 1. The van der Waals surface area contributed by atoms with Gasteiger partial charge in [-0.2, -0.15) is 0 Å². The molecule has 1 aliphatic heterocycles. The molecule has 0 amide bonds. The van der Waals surface area contributed by atoms with Crippen LogP contribution in [-0.2, 0) is 10.9 Å². The lowest BCUT2D eigenvalue weighted by molar-refractivity contribution is 0.499. The molecule has 1 heterocycles. The Morgan fingerprint density at radius 3 is 1.48 bits per heavy atom. The van der Waals surface area contributed by atoms with Gasteiger partial charge in [0.05, 0.1) is 9.79 Å². The van der Waals surface area contributed by atoms with Gasteiger partial charge in [0.15, 0.2) is 38.0 Å². The van der Waals surface area contributed by atoms with Gasteiger partial charge in [-0.05, 0) is 82.2 Å². The van der Waals surface area contributed by atoms with Gasteiger partial charge in [-0.3, -0.25) is 0 Å². The predicted octanol–water partition coefficient (Wildman–Crippen LogP) is 8.07. The lowest BCUT2D eigenvalue weighted by atomic mass is 10.1. The van der Waals surface area contributed by atoms with Gasteiger partial charge in [0.25, 0.3) is 0 Å². The summed E-state index contributed by atoms with van der Waals surface area (Å²) in [5.41, 5.74) is 2.06. The minimum Gasteiger partial charge on any atom is -0.204 e. The van der Waals surface area contributed by atoms with E-state index in [1.54, 1.807) is 0 Å². The van der Waals surface area contributed by atoms with Crippen LogP contribution >= 0.6 is 34.4 Å². The van der Waals surface area contributed by atoms with Crippen LogP contribution in [0.15, 0.2) is 97.3 Å². The first kappa shape index (κ1) is 20.9. The summed E-state index contributed by atoms with van der Waals surface area (Å²) in [5, 5.41) is 0. The molecule has 0 saturated heterocycles. The molecular weight excluding hydrogens is 555 g/mol. The van der Waals surface area contributed by atoms with Crippen LogP contribution in [0.1, 0.15) is 0 Å². The van der Waals surface area contributed by atoms with Gasteiger partial charge in [0, 0.05) is 15.7 Å². The number of rotatable bonds is 2. The van der Waals surface area contributed by atoms with Gasteiger partial charge in [0.2, 0.25) is 0 Å². The first-order valence-corrected chi connectivity index (χ1v) is 12.3. The molecular formula is C24H12F4IS2+. The minimum atomic E-state index is -0.963. The number of hydrogen-bond donors (Lipinski definition) is 0. The van der Waals surface area contributed by atoms with E-state index in [0.717, 1.165) is 55.6 Å². The molecule has 0 aromatic heterocycles. The molecule has 0 atom stereocenters. The molecule has 4 aromatic carbocycles. The second-order valence-corrected chi connectivity index (χ2v) is 11.2. The Labute approximate surface area is 197 Å². The summed E-state index contributed by atoms with van der Waals surface area (Å²) in [7, 11) is -0.899. The van der Waals surface area contributed by atoms with Crippen molar-refractivity contribution in [1.29, 1.82) is 0 Å². The molecule has 0 radical (unpaired) electrons. The third-order valence-electron chi connectivity index (χ3n) is 4.90. The van der Waals surface area contributed by atoms with E-state index in [-0.39, 0.29) is 0 Å². The molecule has 0 aliphatic carbocycles. The zero-order valence-electron chi connectivity index (χ0n) is 15.6. The highest BCUT2D eigenvalue weighted by Crippen LogP contribution is 2.49. The second kappa shape index (κ2) is 8.18. The molecule has 0 saturated carbocycles. The van der Waals surface area contributed by atoms with Crippen molar-refractivity contribution in [2.24, 2.45) is 0 Å². The summed E-state index contributed by atoms with van der Waals surface area (Å²) in [6, 6.07) is 20.4. The molecule has 0 N–H and O–H groups in total. The van der Waals surface area contributed by atoms with E-state index >= 15 is 0 Å². The molecule has 0 unspecified atom stereocenters. The van der Waals surface area contributed by atoms with Crippen LogP contribution in [-0.4, -0.2) is 0 Å². The monoisotopic (exact) mass is 567 g/mol. The van der Waals surface area contributed by atoms with Crippen molar-refractivity contribution in [2.45, 2.75) is 24.5 Å². The molecule has 5 rings (SSSR count). The Balaban J connectivity index is 1.65. The van der Waals surface area contributed by atoms with Gasteiger partial charge in [0.1, 0.15) is 10.9 Å². The summed E-state index contributed by atoms with van der Waals surface area (Å²) in [5.74, 6) is -3.85. The zero-order valence-corrected chi connectivity index (χ0v) is 19.4. The van der Waals surface area contributed by atoms with E-state index in [0.29, 0.717) is 19.6 Å². The highest BCUT2D eigenvalue weighted by Gasteiger charge is 2.40. The first-order valence-electron chi connectivity index (χ1n) is 9.17. The number of benzene rings is 4. The van der Waals surface area contributed by atoms with E-state index in [4.69, 9.17) is 0 Å². The largest absolute Gasteiger partial charge is 0.204 e. The van der Waals surface area contributed by atoms with Crippen molar-refractivity contribution in [1.82, 2.24) is 0 Å². The Kier molecular flexibility index (Phi) is 5.52. The van der Waals surface area contributed by atoms with Crippen LogP contribution in [0, 0.1) is 26.8 Å². The Morgan fingerprint density at radius 2 is 1.00 bits per heavy atom. The third kappa shape index (κ3) is 3.87. The van der Waals surface area contributed by atoms with Crippen molar-refractivity contribution in [3.63, 3.8) is 0 Å². The van der Waals surface area contributed by atoms with Gasteiger partial charge < -0.3 is 0 Å². The van der Waals surface area contributed by atoms with Crippen LogP contribution in [0.4, 0.5) is 17.6 Å².